The summed E-state index contributed by atoms with van der Waals surface area (Å²) < 4.78 is 4.90. The molecule has 0 aromatic carbocycles. The number of carbonyl (C=O) groups is 1. The Kier molecular flexibility index (Phi) is 3.15. The van der Waals surface area contributed by atoms with E-state index in [1.165, 1.54) is 0 Å². The van der Waals surface area contributed by atoms with E-state index >= 15 is 0 Å². The van der Waals surface area contributed by atoms with Gasteiger partial charge in [-0.2, -0.15) is 4.98 Å². The van der Waals surface area contributed by atoms with Crippen molar-refractivity contribution >= 4 is 5.97 Å². The Morgan fingerprint density at radius 1 is 1.53 bits per heavy atom. The van der Waals surface area contributed by atoms with Gasteiger partial charge in [0.1, 0.15) is 0 Å². The molecule has 6 heteroatoms. The monoisotopic (exact) mass is 239 g/mol. The fourth-order valence-electron chi connectivity index (χ4n) is 2.02. The lowest BCUT2D eigenvalue weighted by Crippen LogP contribution is -2.42. The summed E-state index contributed by atoms with van der Waals surface area (Å²) in [5, 5.41) is 13.0. The molecule has 2 heterocycles. The minimum absolute atomic E-state index is 0.562. The van der Waals surface area contributed by atoms with Crippen molar-refractivity contribution in [1.82, 2.24) is 15.0 Å². The van der Waals surface area contributed by atoms with Crippen LogP contribution in [-0.4, -0.2) is 39.2 Å². The average Bonchev–Trinajstić information content (AvgIpc) is 2.67. The number of rotatable bonds is 3. The highest BCUT2D eigenvalue weighted by Crippen LogP contribution is 2.31. The lowest BCUT2D eigenvalue weighted by Gasteiger charge is -2.35. The zero-order valence-corrected chi connectivity index (χ0v) is 10.1. The van der Waals surface area contributed by atoms with Gasteiger partial charge in [-0.15, -0.1) is 0 Å². The van der Waals surface area contributed by atoms with Crippen LogP contribution in [0.3, 0.4) is 0 Å². The largest absolute Gasteiger partial charge is 0.481 e. The first-order chi connectivity index (χ1) is 7.99. The van der Waals surface area contributed by atoms with Gasteiger partial charge in [0, 0.05) is 6.92 Å². The predicted octanol–water partition coefficient (Wildman–Crippen LogP) is 1.06. The summed E-state index contributed by atoms with van der Waals surface area (Å²) in [5.41, 5.74) is -0.580. The Bertz CT molecular complexity index is 408. The highest BCUT2D eigenvalue weighted by molar-refractivity contribution is 5.74. The molecule has 0 saturated carbocycles. The highest BCUT2D eigenvalue weighted by atomic mass is 16.5. The molecule has 0 aliphatic carbocycles. The van der Waals surface area contributed by atoms with Crippen molar-refractivity contribution in [2.45, 2.75) is 33.2 Å². The molecule has 1 aromatic heterocycles. The number of nitrogens with zero attached hydrogens (tertiary/aromatic N) is 3. The van der Waals surface area contributed by atoms with Crippen molar-refractivity contribution in [3.63, 3.8) is 0 Å². The van der Waals surface area contributed by atoms with Gasteiger partial charge in [0.2, 0.25) is 5.89 Å². The van der Waals surface area contributed by atoms with Crippen LogP contribution >= 0.6 is 0 Å². The number of aromatic nitrogens is 2. The van der Waals surface area contributed by atoms with Crippen LogP contribution in [0.25, 0.3) is 0 Å². The van der Waals surface area contributed by atoms with Crippen molar-refractivity contribution in [2.75, 3.05) is 13.1 Å². The first-order valence-electron chi connectivity index (χ1n) is 5.74. The third-order valence-corrected chi connectivity index (χ3v) is 3.41. The van der Waals surface area contributed by atoms with Crippen LogP contribution in [0.4, 0.5) is 0 Å². The minimum Gasteiger partial charge on any atom is -0.481 e. The van der Waals surface area contributed by atoms with Gasteiger partial charge in [-0.1, -0.05) is 5.16 Å². The molecular formula is C11H17N3O3. The molecule has 6 nitrogen and oxygen atoms in total. The Balaban J connectivity index is 1.89. The number of likely N-dealkylation sites (tertiary alicyclic amines) is 1. The van der Waals surface area contributed by atoms with Gasteiger partial charge in [0.15, 0.2) is 5.82 Å². The molecule has 17 heavy (non-hydrogen) atoms. The first-order valence-corrected chi connectivity index (χ1v) is 5.74. The van der Waals surface area contributed by atoms with Crippen molar-refractivity contribution < 1.29 is 14.4 Å². The van der Waals surface area contributed by atoms with E-state index in [9.17, 15) is 4.79 Å². The minimum atomic E-state index is -0.701. The third-order valence-electron chi connectivity index (χ3n) is 3.41. The molecule has 0 amide bonds. The predicted molar refractivity (Wildman–Crippen MR) is 59.3 cm³/mol. The Morgan fingerprint density at radius 2 is 2.18 bits per heavy atom. The number of hydrogen-bond acceptors (Lipinski definition) is 5. The summed E-state index contributed by atoms with van der Waals surface area (Å²) >= 11 is 0. The molecule has 2 rings (SSSR count). The fraction of sp³-hybridized carbons (Fsp3) is 0.727. The second kappa shape index (κ2) is 4.44. The standard InChI is InChI=1S/C11H17N3O3/c1-8-12-9(13-17-8)7-14-5-3-11(2,4-6-14)10(15)16/h3-7H2,1-2H3,(H,15,16). The molecule has 1 fully saturated rings. The molecule has 1 aromatic rings. The molecule has 0 spiro atoms. The van der Waals surface area contributed by atoms with Crippen LogP contribution in [0.15, 0.2) is 4.52 Å². The van der Waals surface area contributed by atoms with Crippen LogP contribution < -0.4 is 0 Å². The van der Waals surface area contributed by atoms with E-state index < -0.39 is 11.4 Å². The molecule has 0 atom stereocenters. The van der Waals surface area contributed by atoms with Crippen molar-refractivity contribution in [3.8, 4) is 0 Å². The maximum atomic E-state index is 11.1. The van der Waals surface area contributed by atoms with Crippen LogP contribution in [0.1, 0.15) is 31.5 Å². The number of carboxylic acid groups (broad SMARTS) is 1. The van der Waals surface area contributed by atoms with Gasteiger partial charge in [0.25, 0.3) is 0 Å². The Hall–Kier alpha value is -1.43. The topological polar surface area (TPSA) is 79.5 Å². The smallest absolute Gasteiger partial charge is 0.309 e. The van der Waals surface area contributed by atoms with E-state index in [4.69, 9.17) is 9.63 Å². The van der Waals surface area contributed by atoms with E-state index in [1.807, 2.05) is 6.92 Å². The van der Waals surface area contributed by atoms with E-state index in [-0.39, 0.29) is 0 Å². The molecule has 0 bridgehead atoms. The second-order valence-corrected chi connectivity index (χ2v) is 4.87. The van der Waals surface area contributed by atoms with Gasteiger partial charge >= 0.3 is 5.97 Å². The summed E-state index contributed by atoms with van der Waals surface area (Å²) in [6, 6.07) is 0. The van der Waals surface area contributed by atoms with Crippen LogP contribution in [-0.2, 0) is 11.3 Å². The molecule has 1 aliphatic rings. The van der Waals surface area contributed by atoms with Crippen molar-refractivity contribution in [3.05, 3.63) is 11.7 Å². The number of carboxylic acids is 1. The first kappa shape index (κ1) is 12.0. The quantitative estimate of drug-likeness (QED) is 0.849. The normalized spacial score (nSPS) is 20.4. The fourth-order valence-corrected chi connectivity index (χ4v) is 2.02. The highest BCUT2D eigenvalue weighted by Gasteiger charge is 2.36. The average molecular weight is 239 g/mol. The Morgan fingerprint density at radius 3 is 2.65 bits per heavy atom. The maximum absolute atomic E-state index is 11.1. The SMILES string of the molecule is Cc1nc(CN2CCC(C)(C(=O)O)CC2)no1. The van der Waals surface area contributed by atoms with Gasteiger partial charge in [-0.3, -0.25) is 9.69 Å². The molecular weight excluding hydrogens is 222 g/mol. The van der Waals surface area contributed by atoms with Crippen molar-refractivity contribution in [2.24, 2.45) is 5.41 Å². The molecule has 94 valence electrons. The lowest BCUT2D eigenvalue weighted by atomic mass is 9.80. The number of aliphatic carboxylic acids is 1. The number of hydrogen-bond donors (Lipinski definition) is 1. The summed E-state index contributed by atoms with van der Waals surface area (Å²) in [6.07, 6.45) is 1.33. The molecule has 0 radical (unpaired) electrons. The summed E-state index contributed by atoms with van der Waals surface area (Å²) in [5.74, 6) is 0.529. The molecule has 1 N–H and O–H groups in total. The van der Waals surface area contributed by atoms with Gasteiger partial charge in [-0.25, -0.2) is 0 Å². The van der Waals surface area contributed by atoms with Crippen LogP contribution in [0.2, 0.25) is 0 Å². The number of aryl methyl sites for hydroxylation is 1. The summed E-state index contributed by atoms with van der Waals surface area (Å²) in [4.78, 5) is 17.4. The third kappa shape index (κ3) is 2.63. The molecule has 1 aliphatic heterocycles. The lowest BCUT2D eigenvalue weighted by molar-refractivity contribution is -0.150. The Labute approximate surface area is 99.6 Å². The van der Waals surface area contributed by atoms with Gasteiger partial charge in [0.05, 0.1) is 12.0 Å². The van der Waals surface area contributed by atoms with Gasteiger partial charge in [-0.05, 0) is 32.9 Å². The zero-order chi connectivity index (χ0) is 12.5. The van der Waals surface area contributed by atoms with Crippen LogP contribution in [0.5, 0.6) is 0 Å². The second-order valence-electron chi connectivity index (χ2n) is 4.87. The van der Waals surface area contributed by atoms with Crippen molar-refractivity contribution in [1.29, 1.82) is 0 Å². The number of piperidine rings is 1. The van der Waals surface area contributed by atoms with E-state index in [0.29, 0.717) is 31.1 Å². The van der Waals surface area contributed by atoms with E-state index in [0.717, 1.165) is 13.1 Å². The molecule has 1 saturated heterocycles. The maximum Gasteiger partial charge on any atom is 0.309 e. The van der Waals surface area contributed by atoms with E-state index in [2.05, 4.69) is 15.0 Å². The van der Waals surface area contributed by atoms with Crippen LogP contribution in [0, 0.1) is 12.3 Å². The van der Waals surface area contributed by atoms with Gasteiger partial charge < -0.3 is 9.63 Å². The molecule has 0 unspecified atom stereocenters. The summed E-state index contributed by atoms with van der Waals surface area (Å²) in [6.45, 7) is 5.72. The zero-order valence-electron chi connectivity index (χ0n) is 10.1. The summed E-state index contributed by atoms with van der Waals surface area (Å²) in [7, 11) is 0. The van der Waals surface area contributed by atoms with E-state index in [1.54, 1.807) is 6.92 Å².